The molecule has 2 amide bonds. The molecule has 0 radical (unpaired) electrons. The summed E-state index contributed by atoms with van der Waals surface area (Å²) in [6, 6.07) is 12.3. The van der Waals surface area contributed by atoms with Crippen molar-refractivity contribution >= 4 is 41.5 Å². The molecule has 3 heterocycles. The van der Waals surface area contributed by atoms with Crippen molar-refractivity contribution in [2.75, 3.05) is 26.0 Å². The third-order valence-electron chi connectivity index (χ3n) is 14.3. The zero-order valence-electron chi connectivity index (χ0n) is 37.4. The first kappa shape index (κ1) is 48.3. The Morgan fingerprint density at radius 1 is 0.892 bits per heavy atom. The van der Waals surface area contributed by atoms with Gasteiger partial charge >= 0.3 is 17.9 Å². The molecule has 16 heteroatoms. The first-order valence-electron chi connectivity index (χ1n) is 23.5. The van der Waals surface area contributed by atoms with Crippen LogP contribution < -0.4 is 26.6 Å². The molecule has 1 spiro atoms. The molecular weight excluding hydrogens is 849 g/mol. The standard InChI is InChI=1S/C49H66N6O9S/c1-50-29-53-35(46(59)60)15-16-37(56)54-36(44(57)55-45(58)47(61)62)28-65-43-42-39-32(13-6-3-7-19-49(43)20-8-9-21-49)27-34(26-31-17-23-51-24-18-31)38(40(39)48(63)64-42)41-33(14-10-22-52-41)25-30-11-4-2-5-12-30/h2,4-5,11-12,17-18,23-24,32-33,35-36,40-41,43,45,50,52-53,58H,3,6-10,13-16,19-22,25-29H2,1H3,(H,54,56)(H,55,57)(H,59,60)(H,61,62). The Labute approximate surface area is 385 Å². The van der Waals surface area contributed by atoms with E-state index in [0.29, 0.717) is 12.2 Å². The Morgan fingerprint density at radius 3 is 2.34 bits per heavy atom. The molecule has 2 fully saturated rings. The van der Waals surface area contributed by atoms with Crippen molar-refractivity contribution < 1.29 is 44.0 Å². The minimum atomic E-state index is -2.21. The van der Waals surface area contributed by atoms with Crippen LogP contribution in [0.1, 0.15) is 101 Å². The number of hydrogen-bond donors (Lipinski definition) is 8. The molecule has 8 N–H and O–H groups in total. The quantitative estimate of drug-likeness (QED) is 0.0548. The number of piperidine rings is 1. The number of aromatic nitrogens is 1. The van der Waals surface area contributed by atoms with E-state index in [2.05, 4.69) is 68.0 Å². The second-order valence-corrected chi connectivity index (χ2v) is 19.7. The van der Waals surface area contributed by atoms with Gasteiger partial charge < -0.3 is 41.3 Å². The monoisotopic (exact) mass is 914 g/mol. The molecule has 8 unspecified atom stereocenters. The number of benzene rings is 1. The molecule has 5 aliphatic rings. The smallest absolute Gasteiger partial charge is 0.353 e. The van der Waals surface area contributed by atoms with Gasteiger partial charge in [-0.2, -0.15) is 0 Å². The summed E-state index contributed by atoms with van der Waals surface area (Å²) in [6.07, 6.45) is 14.3. The SMILES string of the molecule is CNCNC(CCC(=O)NC(CSC1C2=C3C(CCCCCC14CCCC4)CC(Cc1ccncc1)=C(C1NCCCC1Cc1ccccc1)C3C(=O)O2)C(=O)NC(O)C(=O)O)C(=O)O. The van der Waals surface area contributed by atoms with E-state index in [1.807, 2.05) is 18.5 Å². The minimum absolute atomic E-state index is 0.0142. The van der Waals surface area contributed by atoms with E-state index >= 15 is 4.79 Å². The third-order valence-corrected chi connectivity index (χ3v) is 15.9. The average molecular weight is 915 g/mol. The van der Waals surface area contributed by atoms with Crippen molar-refractivity contribution in [2.24, 2.45) is 23.2 Å². The number of nitrogens with zero attached hydrogens (tertiary/aromatic N) is 1. The van der Waals surface area contributed by atoms with Gasteiger partial charge in [0, 0.05) is 37.3 Å². The number of carbonyl (C=O) groups is 5. The number of ether oxygens (including phenoxy) is 1. The highest BCUT2D eigenvalue weighted by Crippen LogP contribution is 2.58. The zero-order valence-corrected chi connectivity index (χ0v) is 38.2. The van der Waals surface area contributed by atoms with Gasteiger partial charge in [0.2, 0.25) is 18.0 Å². The van der Waals surface area contributed by atoms with Gasteiger partial charge in [-0.25, -0.2) is 4.79 Å². The molecule has 3 aliphatic carbocycles. The highest BCUT2D eigenvalue weighted by atomic mass is 32.2. The lowest BCUT2D eigenvalue weighted by Gasteiger charge is -2.43. The largest absolute Gasteiger partial charge is 0.480 e. The molecule has 1 aromatic heterocycles. The number of aliphatic carboxylic acids is 2. The van der Waals surface area contributed by atoms with Crippen molar-refractivity contribution in [1.82, 2.24) is 31.6 Å². The maximum absolute atomic E-state index is 15.0. The van der Waals surface area contributed by atoms with Crippen LogP contribution in [0.2, 0.25) is 0 Å². The van der Waals surface area contributed by atoms with Crippen LogP contribution in [0.4, 0.5) is 0 Å². The summed E-state index contributed by atoms with van der Waals surface area (Å²) in [4.78, 5) is 70.2. The number of nitrogens with one attached hydrogen (secondary N) is 5. The predicted octanol–water partition coefficient (Wildman–Crippen LogP) is 4.61. The summed E-state index contributed by atoms with van der Waals surface area (Å²) in [5, 5.41) is 43.5. The highest BCUT2D eigenvalue weighted by Gasteiger charge is 2.54. The molecule has 7 rings (SSSR count). The number of rotatable bonds is 19. The Kier molecular flexibility index (Phi) is 16.9. The number of amides is 2. The first-order valence-corrected chi connectivity index (χ1v) is 24.6. The van der Waals surface area contributed by atoms with E-state index in [1.54, 1.807) is 7.05 Å². The normalized spacial score (nSPS) is 25.6. The fourth-order valence-corrected chi connectivity index (χ4v) is 12.9. The van der Waals surface area contributed by atoms with E-state index in [1.165, 1.54) is 22.9 Å². The van der Waals surface area contributed by atoms with Crippen LogP contribution in [0.15, 0.2) is 77.3 Å². The van der Waals surface area contributed by atoms with Gasteiger partial charge in [0.25, 0.3) is 0 Å². The molecule has 1 saturated heterocycles. The summed E-state index contributed by atoms with van der Waals surface area (Å²) >= 11 is 1.45. The highest BCUT2D eigenvalue weighted by molar-refractivity contribution is 8.00. The molecule has 352 valence electrons. The molecule has 2 aromatic rings. The van der Waals surface area contributed by atoms with Gasteiger partial charge in [-0.3, -0.25) is 29.5 Å². The van der Waals surface area contributed by atoms with Gasteiger partial charge in [0.05, 0.1) is 5.25 Å². The maximum atomic E-state index is 15.0. The van der Waals surface area contributed by atoms with Crippen molar-refractivity contribution in [1.29, 1.82) is 0 Å². The van der Waals surface area contributed by atoms with Crippen molar-refractivity contribution in [3.8, 4) is 0 Å². The summed E-state index contributed by atoms with van der Waals surface area (Å²) in [6.45, 7) is 1.05. The fourth-order valence-electron chi connectivity index (χ4n) is 11.2. The number of hydrogen-bond acceptors (Lipinski definition) is 12. The molecule has 15 nitrogen and oxygen atoms in total. The first-order chi connectivity index (χ1) is 31.5. The molecule has 8 atom stereocenters. The molecule has 1 saturated carbocycles. The summed E-state index contributed by atoms with van der Waals surface area (Å²) in [5.74, 6) is -4.13. The van der Waals surface area contributed by atoms with Crippen molar-refractivity contribution in [3.05, 3.63) is 88.5 Å². The van der Waals surface area contributed by atoms with E-state index in [0.717, 1.165) is 107 Å². The van der Waals surface area contributed by atoms with Crippen molar-refractivity contribution in [3.63, 3.8) is 0 Å². The van der Waals surface area contributed by atoms with Crippen LogP contribution in [0.5, 0.6) is 0 Å². The Bertz CT molecular complexity index is 2060. The summed E-state index contributed by atoms with van der Waals surface area (Å²) < 4.78 is 6.75. The topological polar surface area (TPSA) is 228 Å². The van der Waals surface area contributed by atoms with Crippen molar-refractivity contribution in [2.45, 2.75) is 132 Å². The number of aliphatic hydroxyl groups is 1. The number of aliphatic hydroxyl groups excluding tert-OH is 1. The fraction of sp³-hybridized carbons (Fsp3) is 0.592. The predicted molar refractivity (Wildman–Crippen MR) is 246 cm³/mol. The number of carboxylic acid groups (broad SMARTS) is 2. The van der Waals surface area contributed by atoms with Gasteiger partial charge in [-0.15, -0.1) is 11.8 Å². The van der Waals surface area contributed by atoms with E-state index in [4.69, 9.17) is 4.74 Å². The second kappa shape index (κ2) is 22.7. The minimum Gasteiger partial charge on any atom is -0.480 e. The number of carbonyl (C=O) groups excluding carboxylic acids is 3. The molecular formula is C49H66N6O9S. The van der Waals surface area contributed by atoms with Gasteiger partial charge in [-0.05, 0) is 129 Å². The number of esters is 1. The van der Waals surface area contributed by atoms with Gasteiger partial charge in [0.15, 0.2) is 0 Å². The lowest BCUT2D eigenvalue weighted by Crippen LogP contribution is -2.53. The number of pyridine rings is 1. The number of carboxylic acids is 2. The van der Waals surface area contributed by atoms with Crippen LogP contribution in [0.25, 0.3) is 0 Å². The van der Waals surface area contributed by atoms with Crippen LogP contribution >= 0.6 is 11.8 Å². The van der Waals surface area contributed by atoms with Gasteiger partial charge in [0.1, 0.15) is 23.8 Å². The Morgan fingerprint density at radius 2 is 1.63 bits per heavy atom. The van der Waals surface area contributed by atoms with Crippen LogP contribution in [0, 0.1) is 23.2 Å². The molecule has 1 aromatic carbocycles. The van der Waals surface area contributed by atoms with Crippen LogP contribution in [-0.2, 0) is 41.6 Å². The van der Waals surface area contributed by atoms with E-state index in [9.17, 15) is 34.5 Å². The lowest BCUT2D eigenvalue weighted by atomic mass is 9.64. The van der Waals surface area contributed by atoms with E-state index in [-0.39, 0.29) is 59.8 Å². The lowest BCUT2D eigenvalue weighted by molar-refractivity contribution is -0.151. The Balaban J connectivity index is 1.27. The van der Waals surface area contributed by atoms with Gasteiger partial charge in [-0.1, -0.05) is 68.0 Å². The second-order valence-electron chi connectivity index (χ2n) is 18.6. The molecule has 2 aliphatic heterocycles. The Hall–Kier alpha value is -4.61. The zero-order chi connectivity index (χ0) is 45.9. The van der Waals surface area contributed by atoms with Crippen LogP contribution in [-0.4, -0.2) is 106 Å². The maximum Gasteiger partial charge on any atom is 0.353 e. The average Bonchev–Trinajstić information content (AvgIpc) is 3.91. The summed E-state index contributed by atoms with van der Waals surface area (Å²) in [5.41, 5.74) is 5.62. The van der Waals surface area contributed by atoms with E-state index < -0.39 is 48.0 Å². The molecule has 65 heavy (non-hydrogen) atoms. The third kappa shape index (κ3) is 11.9. The van der Waals surface area contributed by atoms with Crippen LogP contribution in [0.3, 0.4) is 0 Å². The molecule has 0 bridgehead atoms. The number of allylic oxidation sites excluding steroid dienone is 1. The summed E-state index contributed by atoms with van der Waals surface area (Å²) in [7, 11) is 1.66. The number of thioether (sulfide) groups is 1.